The van der Waals surface area contributed by atoms with E-state index in [0.29, 0.717) is 17.3 Å². The van der Waals surface area contributed by atoms with Crippen LogP contribution in [0.15, 0.2) is 60.8 Å². The van der Waals surface area contributed by atoms with Crippen LogP contribution in [0.3, 0.4) is 0 Å². The van der Waals surface area contributed by atoms with Crippen LogP contribution in [0.4, 0.5) is 5.69 Å². The number of pyridine rings is 1. The summed E-state index contributed by atoms with van der Waals surface area (Å²) in [5.74, 6) is -0.116. The van der Waals surface area contributed by atoms with Gasteiger partial charge in [-0.1, -0.05) is 48.0 Å². The van der Waals surface area contributed by atoms with Crippen molar-refractivity contribution in [3.63, 3.8) is 0 Å². The molecule has 0 aliphatic rings. The van der Waals surface area contributed by atoms with Crippen LogP contribution < -0.4 is 10.6 Å². The molecule has 2 aromatic carbocycles. The van der Waals surface area contributed by atoms with E-state index in [0.717, 1.165) is 16.5 Å². The van der Waals surface area contributed by atoms with Crippen molar-refractivity contribution < 1.29 is 4.79 Å². The largest absolute Gasteiger partial charge is 0.323 e. The second-order valence-corrected chi connectivity index (χ2v) is 5.53. The van der Waals surface area contributed by atoms with E-state index in [2.05, 4.69) is 15.6 Å². The number of aromatic nitrogens is 1. The molecule has 0 radical (unpaired) electrons. The average molecular weight is 326 g/mol. The fraction of sp³-hybridized carbons (Fsp3) is 0.111. The third-order valence-electron chi connectivity index (χ3n) is 3.47. The summed E-state index contributed by atoms with van der Waals surface area (Å²) in [5, 5.41) is 7.67. The minimum atomic E-state index is -0.116. The van der Waals surface area contributed by atoms with E-state index >= 15 is 0 Å². The molecule has 1 amide bonds. The highest BCUT2D eigenvalue weighted by molar-refractivity contribution is 6.31. The van der Waals surface area contributed by atoms with Crippen LogP contribution in [-0.2, 0) is 11.3 Å². The van der Waals surface area contributed by atoms with Gasteiger partial charge in [0.2, 0.25) is 5.91 Å². The van der Waals surface area contributed by atoms with Crippen LogP contribution in [0.2, 0.25) is 5.02 Å². The number of para-hydroxylation sites is 1. The Kier molecular flexibility index (Phi) is 4.86. The molecule has 0 fully saturated rings. The lowest BCUT2D eigenvalue weighted by Gasteiger charge is -2.09. The summed E-state index contributed by atoms with van der Waals surface area (Å²) < 4.78 is 0. The molecule has 0 saturated carbocycles. The third-order valence-corrected chi connectivity index (χ3v) is 3.83. The van der Waals surface area contributed by atoms with Gasteiger partial charge in [0.05, 0.1) is 17.7 Å². The fourth-order valence-corrected chi connectivity index (χ4v) is 2.55. The summed E-state index contributed by atoms with van der Waals surface area (Å²) in [5.41, 5.74) is 2.47. The lowest BCUT2D eigenvalue weighted by molar-refractivity contribution is -0.115. The van der Waals surface area contributed by atoms with Gasteiger partial charge in [0.25, 0.3) is 0 Å². The van der Waals surface area contributed by atoms with Crippen molar-refractivity contribution >= 4 is 34.1 Å². The first-order valence-electron chi connectivity index (χ1n) is 7.32. The zero-order valence-electron chi connectivity index (χ0n) is 12.4. The van der Waals surface area contributed by atoms with Gasteiger partial charge in [-0.15, -0.1) is 0 Å². The Balaban J connectivity index is 1.60. The molecule has 0 aliphatic heterocycles. The minimum Gasteiger partial charge on any atom is -0.323 e. The molecule has 3 aromatic rings. The Labute approximate surface area is 139 Å². The molecule has 23 heavy (non-hydrogen) atoms. The number of carbonyl (C=O) groups is 1. The van der Waals surface area contributed by atoms with Crippen molar-refractivity contribution in [1.82, 2.24) is 10.3 Å². The first-order valence-corrected chi connectivity index (χ1v) is 7.69. The number of halogens is 1. The van der Waals surface area contributed by atoms with Crippen LogP contribution in [0.25, 0.3) is 10.9 Å². The van der Waals surface area contributed by atoms with Crippen LogP contribution >= 0.6 is 11.6 Å². The Hall–Kier alpha value is -2.43. The molecular formula is C18H16ClN3O. The molecule has 0 unspecified atom stereocenters. The molecule has 5 heteroatoms. The Bertz CT molecular complexity index is 830. The van der Waals surface area contributed by atoms with Crippen molar-refractivity contribution in [1.29, 1.82) is 0 Å². The van der Waals surface area contributed by atoms with Gasteiger partial charge in [0, 0.05) is 23.2 Å². The summed E-state index contributed by atoms with van der Waals surface area (Å²) in [6.07, 6.45) is 1.72. The number of nitrogens with zero attached hydrogens (tertiary/aromatic N) is 1. The van der Waals surface area contributed by atoms with Crippen molar-refractivity contribution in [3.8, 4) is 0 Å². The highest BCUT2D eigenvalue weighted by atomic mass is 35.5. The number of amides is 1. The van der Waals surface area contributed by atoms with Crippen LogP contribution in [0, 0.1) is 0 Å². The number of hydrogen-bond acceptors (Lipinski definition) is 3. The number of carbonyl (C=O) groups excluding carboxylic acids is 1. The molecule has 0 bridgehead atoms. The van der Waals surface area contributed by atoms with E-state index in [9.17, 15) is 4.79 Å². The van der Waals surface area contributed by atoms with Crippen LogP contribution in [-0.4, -0.2) is 17.4 Å². The standard InChI is InChI=1S/C18H16ClN3O/c19-15-8-2-1-5-14(15)11-20-12-17(23)22-16-9-3-6-13-7-4-10-21-18(13)16/h1-10,20H,11-12H2,(H,22,23). The number of fused-ring (bicyclic) bond motifs is 1. The maximum absolute atomic E-state index is 12.1. The quantitative estimate of drug-likeness (QED) is 0.753. The number of benzene rings is 2. The van der Waals surface area contributed by atoms with Crippen LogP contribution in [0.5, 0.6) is 0 Å². The van der Waals surface area contributed by atoms with Crippen molar-refractivity contribution in [2.24, 2.45) is 0 Å². The lowest BCUT2D eigenvalue weighted by Crippen LogP contribution is -2.27. The van der Waals surface area contributed by atoms with Gasteiger partial charge in [-0.3, -0.25) is 9.78 Å². The van der Waals surface area contributed by atoms with E-state index in [-0.39, 0.29) is 12.5 Å². The van der Waals surface area contributed by atoms with Crippen molar-refractivity contribution in [3.05, 3.63) is 71.4 Å². The molecule has 2 N–H and O–H groups in total. The molecule has 116 valence electrons. The number of nitrogens with one attached hydrogen (secondary N) is 2. The van der Waals surface area contributed by atoms with Gasteiger partial charge in [-0.05, 0) is 23.8 Å². The van der Waals surface area contributed by atoms with Gasteiger partial charge in [-0.2, -0.15) is 0 Å². The minimum absolute atomic E-state index is 0.116. The predicted octanol–water partition coefficient (Wildman–Crippen LogP) is 3.62. The summed E-state index contributed by atoms with van der Waals surface area (Å²) in [4.78, 5) is 16.4. The molecule has 0 atom stereocenters. The fourth-order valence-electron chi connectivity index (χ4n) is 2.35. The van der Waals surface area contributed by atoms with Crippen LogP contribution in [0.1, 0.15) is 5.56 Å². The van der Waals surface area contributed by atoms with Gasteiger partial charge in [-0.25, -0.2) is 0 Å². The second-order valence-electron chi connectivity index (χ2n) is 5.12. The van der Waals surface area contributed by atoms with E-state index in [4.69, 9.17) is 11.6 Å². The van der Waals surface area contributed by atoms with E-state index in [1.54, 1.807) is 6.20 Å². The smallest absolute Gasteiger partial charge is 0.238 e. The maximum atomic E-state index is 12.1. The molecule has 0 saturated heterocycles. The normalized spacial score (nSPS) is 10.7. The zero-order valence-corrected chi connectivity index (χ0v) is 13.2. The predicted molar refractivity (Wildman–Crippen MR) is 93.5 cm³/mol. The first-order chi connectivity index (χ1) is 11.2. The molecule has 0 spiro atoms. The number of anilines is 1. The van der Waals surface area contributed by atoms with Crippen molar-refractivity contribution in [2.75, 3.05) is 11.9 Å². The molecule has 3 rings (SSSR count). The van der Waals surface area contributed by atoms with E-state index in [1.807, 2.05) is 54.6 Å². The van der Waals surface area contributed by atoms with Gasteiger partial charge in [0.1, 0.15) is 0 Å². The van der Waals surface area contributed by atoms with Gasteiger partial charge in [0.15, 0.2) is 0 Å². The molecule has 0 aliphatic carbocycles. The maximum Gasteiger partial charge on any atom is 0.238 e. The molecular weight excluding hydrogens is 310 g/mol. The number of hydrogen-bond donors (Lipinski definition) is 2. The zero-order chi connectivity index (χ0) is 16.1. The Morgan fingerprint density at radius 2 is 1.87 bits per heavy atom. The van der Waals surface area contributed by atoms with Crippen molar-refractivity contribution in [2.45, 2.75) is 6.54 Å². The summed E-state index contributed by atoms with van der Waals surface area (Å²) in [6, 6.07) is 17.1. The molecule has 4 nitrogen and oxygen atoms in total. The first kappa shape index (κ1) is 15.5. The summed E-state index contributed by atoms with van der Waals surface area (Å²) >= 11 is 6.09. The highest BCUT2D eigenvalue weighted by Crippen LogP contribution is 2.20. The highest BCUT2D eigenvalue weighted by Gasteiger charge is 2.06. The van der Waals surface area contributed by atoms with E-state index < -0.39 is 0 Å². The third kappa shape index (κ3) is 3.86. The Morgan fingerprint density at radius 1 is 1.04 bits per heavy atom. The second kappa shape index (κ2) is 7.22. The summed E-state index contributed by atoms with van der Waals surface area (Å²) in [6.45, 7) is 0.745. The van der Waals surface area contributed by atoms with Gasteiger partial charge >= 0.3 is 0 Å². The SMILES string of the molecule is O=C(CNCc1ccccc1Cl)Nc1cccc2cccnc12. The number of rotatable bonds is 5. The monoisotopic (exact) mass is 325 g/mol. The topological polar surface area (TPSA) is 54.0 Å². The Morgan fingerprint density at radius 3 is 2.74 bits per heavy atom. The van der Waals surface area contributed by atoms with Gasteiger partial charge < -0.3 is 10.6 Å². The van der Waals surface area contributed by atoms with E-state index in [1.165, 1.54) is 0 Å². The lowest BCUT2D eigenvalue weighted by atomic mass is 10.2. The summed E-state index contributed by atoms with van der Waals surface area (Å²) in [7, 11) is 0. The molecule has 1 aromatic heterocycles. The molecule has 1 heterocycles. The average Bonchev–Trinajstić information content (AvgIpc) is 2.57.